The maximum atomic E-state index is 11.3. The lowest BCUT2D eigenvalue weighted by molar-refractivity contribution is -0.192. The molecule has 0 bridgehead atoms. The van der Waals surface area contributed by atoms with E-state index in [2.05, 4.69) is 4.98 Å². The van der Waals surface area contributed by atoms with Gasteiger partial charge in [-0.05, 0) is 6.92 Å². The summed E-state index contributed by atoms with van der Waals surface area (Å²) in [6, 6.07) is -0.843. The number of carbonyl (C=O) groups excluding carboxylic acids is 2. The average molecular weight is 444 g/mol. The van der Waals surface area contributed by atoms with E-state index in [0.29, 0.717) is 0 Å². The first-order valence-electron chi connectivity index (χ1n) is 7.98. The fraction of sp³-hybridized carbons (Fsp3) is 0.571. The van der Waals surface area contributed by atoms with E-state index in [0.717, 1.165) is 10.9 Å². The van der Waals surface area contributed by atoms with Crippen LogP contribution in [0.25, 0.3) is 0 Å². The second kappa shape index (κ2) is 9.70. The van der Waals surface area contributed by atoms with Gasteiger partial charge in [-0.2, -0.15) is 13.2 Å². The van der Waals surface area contributed by atoms with Gasteiger partial charge in [-0.15, -0.1) is 0 Å². The first-order valence-corrected chi connectivity index (χ1v) is 7.98. The highest BCUT2D eigenvalue weighted by Gasteiger charge is 2.45. The molecular weight excluding hydrogens is 425 g/mol. The normalized spacial score (nSPS) is 24.5. The Morgan fingerprint density at radius 2 is 1.87 bits per heavy atom. The largest absolute Gasteiger partial charge is 0.493 e. The summed E-state index contributed by atoms with van der Waals surface area (Å²) >= 11 is 0. The van der Waals surface area contributed by atoms with E-state index >= 15 is 0 Å². The maximum Gasteiger partial charge on any atom is 0.490 e. The van der Waals surface area contributed by atoms with Crippen LogP contribution in [0.2, 0.25) is 0 Å². The van der Waals surface area contributed by atoms with Gasteiger partial charge in [-0.25, -0.2) is 9.78 Å². The Labute approximate surface area is 165 Å². The predicted octanol–water partition coefficient (Wildman–Crippen LogP) is -2.17. The van der Waals surface area contributed by atoms with Gasteiger partial charge in [0.05, 0.1) is 0 Å². The zero-order valence-corrected chi connectivity index (χ0v) is 15.2. The molecule has 30 heavy (non-hydrogen) atoms. The van der Waals surface area contributed by atoms with Crippen molar-refractivity contribution < 1.29 is 57.5 Å². The van der Waals surface area contributed by atoms with Crippen molar-refractivity contribution in [3.63, 3.8) is 0 Å². The van der Waals surface area contributed by atoms with Gasteiger partial charge in [-0.3, -0.25) is 14.2 Å². The van der Waals surface area contributed by atoms with Gasteiger partial charge >= 0.3 is 18.1 Å². The van der Waals surface area contributed by atoms with Crippen LogP contribution in [-0.2, 0) is 19.1 Å². The number of amides is 1. The zero-order chi connectivity index (χ0) is 23.4. The smallest absolute Gasteiger partial charge is 0.490 e. The van der Waals surface area contributed by atoms with Gasteiger partial charge in [0.25, 0.3) is 5.91 Å². The number of aliphatic hydroxyl groups is 2. The van der Waals surface area contributed by atoms with Crippen molar-refractivity contribution in [2.24, 2.45) is 11.5 Å². The van der Waals surface area contributed by atoms with Crippen LogP contribution in [-0.4, -0.2) is 85.0 Å². The van der Waals surface area contributed by atoms with Crippen LogP contribution in [0.3, 0.4) is 0 Å². The number of imidazole rings is 1. The molecule has 0 radical (unpaired) electrons. The van der Waals surface area contributed by atoms with Crippen LogP contribution in [0.1, 0.15) is 23.6 Å². The Morgan fingerprint density at radius 1 is 1.33 bits per heavy atom. The topological polar surface area (TPSA) is 220 Å². The molecule has 170 valence electrons. The zero-order valence-electron chi connectivity index (χ0n) is 15.2. The number of aliphatic carboxylic acids is 1. The molecule has 1 saturated heterocycles. The minimum atomic E-state index is -5.08. The average Bonchev–Trinajstić information content (AvgIpc) is 3.13. The van der Waals surface area contributed by atoms with Crippen LogP contribution in [0, 0.1) is 0 Å². The third-order valence-corrected chi connectivity index (χ3v) is 3.62. The molecule has 13 nitrogen and oxygen atoms in total. The third-order valence-electron chi connectivity index (χ3n) is 3.62. The summed E-state index contributed by atoms with van der Waals surface area (Å²) in [4.78, 5) is 34.9. The van der Waals surface area contributed by atoms with E-state index in [1.54, 1.807) is 0 Å². The molecule has 5 atom stereocenters. The second-order valence-electron chi connectivity index (χ2n) is 5.96. The van der Waals surface area contributed by atoms with Gasteiger partial charge in [0, 0.05) is 0 Å². The highest BCUT2D eigenvalue weighted by molar-refractivity contribution is 5.93. The number of carbonyl (C=O) groups is 3. The number of carboxylic acids is 1. The van der Waals surface area contributed by atoms with Gasteiger partial charge in [0.15, 0.2) is 11.9 Å². The lowest BCUT2D eigenvalue weighted by Gasteiger charge is -2.16. The van der Waals surface area contributed by atoms with Gasteiger partial charge in [0.2, 0.25) is 5.88 Å². The predicted molar refractivity (Wildman–Crippen MR) is 86.6 cm³/mol. The third kappa shape index (κ3) is 6.02. The van der Waals surface area contributed by atoms with Crippen LogP contribution >= 0.6 is 0 Å². The van der Waals surface area contributed by atoms with Crippen molar-refractivity contribution in [3.8, 4) is 5.88 Å². The summed E-state index contributed by atoms with van der Waals surface area (Å²) in [5, 5.41) is 36.9. The number of nitrogens with zero attached hydrogens (tertiary/aromatic N) is 2. The molecule has 1 aromatic heterocycles. The van der Waals surface area contributed by atoms with Crippen LogP contribution in [0.4, 0.5) is 13.2 Å². The van der Waals surface area contributed by atoms with Gasteiger partial charge in [0.1, 0.15) is 37.3 Å². The number of hydrogen-bond acceptors (Lipinski definition) is 10. The number of aliphatic hydroxyl groups excluding tert-OH is 2. The summed E-state index contributed by atoms with van der Waals surface area (Å²) in [6.07, 6.45) is -9.16. The Kier molecular flexibility index (Phi) is 8.11. The van der Waals surface area contributed by atoms with Gasteiger partial charge in [-0.1, -0.05) is 0 Å². The number of rotatable bonds is 5. The summed E-state index contributed by atoms with van der Waals surface area (Å²) in [6.45, 7) is 1.09. The number of nitrogens with two attached hydrogens (primary N) is 2. The summed E-state index contributed by atoms with van der Waals surface area (Å²) < 4.78 is 42.9. The van der Waals surface area contributed by atoms with Gasteiger partial charge < -0.3 is 41.4 Å². The molecule has 2 heterocycles. The van der Waals surface area contributed by atoms with Crippen LogP contribution < -0.4 is 11.5 Å². The Bertz CT molecular complexity index is 783. The first kappa shape index (κ1) is 25.1. The second-order valence-corrected chi connectivity index (χ2v) is 5.96. The highest BCUT2D eigenvalue weighted by Crippen LogP contribution is 2.33. The van der Waals surface area contributed by atoms with Crippen molar-refractivity contribution in [2.45, 2.75) is 43.7 Å². The first-order chi connectivity index (χ1) is 13.7. The van der Waals surface area contributed by atoms with E-state index in [1.165, 1.54) is 6.92 Å². The number of primary amides is 1. The quantitative estimate of drug-likeness (QED) is 0.268. The molecule has 1 aliphatic rings. The van der Waals surface area contributed by atoms with E-state index in [9.17, 15) is 38.1 Å². The molecule has 0 unspecified atom stereocenters. The molecule has 1 aliphatic heterocycles. The number of halogens is 3. The number of ether oxygens (including phenoxy) is 2. The molecule has 2 rings (SSSR count). The van der Waals surface area contributed by atoms with Crippen molar-refractivity contribution in [3.05, 3.63) is 12.0 Å². The molecular formula is C14H19F3N4O9. The summed E-state index contributed by atoms with van der Waals surface area (Å²) in [5.41, 5.74) is 9.96. The number of carboxylic acid groups (broad SMARTS) is 1. The van der Waals surface area contributed by atoms with Crippen LogP contribution in [0.15, 0.2) is 6.33 Å². The highest BCUT2D eigenvalue weighted by atomic mass is 19.4. The number of alkyl halides is 3. The van der Waals surface area contributed by atoms with Crippen molar-refractivity contribution in [2.75, 3.05) is 6.61 Å². The van der Waals surface area contributed by atoms with Crippen molar-refractivity contribution in [1.82, 2.24) is 9.55 Å². The Balaban J connectivity index is 0.000000553. The molecule has 1 aromatic rings. The number of aromatic nitrogens is 2. The molecule has 0 spiro atoms. The Hall–Kier alpha value is -2.95. The van der Waals surface area contributed by atoms with Crippen molar-refractivity contribution in [1.29, 1.82) is 0 Å². The fourth-order valence-corrected chi connectivity index (χ4v) is 2.11. The maximum absolute atomic E-state index is 11.3. The lowest BCUT2D eigenvalue weighted by atomic mass is 10.1. The molecule has 1 fully saturated rings. The van der Waals surface area contributed by atoms with Crippen molar-refractivity contribution >= 4 is 17.8 Å². The number of hydrogen-bond donors (Lipinski definition) is 6. The number of aromatic hydroxyl groups is 1. The Morgan fingerprint density at radius 3 is 2.27 bits per heavy atom. The molecule has 1 amide bonds. The minimum Gasteiger partial charge on any atom is -0.493 e. The molecule has 16 heteroatoms. The van der Waals surface area contributed by atoms with Crippen LogP contribution in [0.5, 0.6) is 5.88 Å². The van der Waals surface area contributed by atoms with E-state index in [-0.39, 0.29) is 6.61 Å². The summed E-state index contributed by atoms with van der Waals surface area (Å²) in [5.74, 6) is -5.02. The van der Waals surface area contributed by atoms with E-state index < -0.39 is 66.2 Å². The monoisotopic (exact) mass is 444 g/mol. The molecule has 8 N–H and O–H groups in total. The summed E-state index contributed by atoms with van der Waals surface area (Å²) in [7, 11) is 0. The molecule has 0 saturated carbocycles. The number of esters is 1. The molecule has 0 aliphatic carbocycles. The molecule has 0 aromatic carbocycles. The minimum absolute atomic E-state index is 0.340. The standard InChI is InChI=1S/C12H18N4O7.C2HF3O2/c1-4(13)12(21)22-2-5-7(17)8(18)11(23-5)16-3-15-6(9(14)19)10(16)20;3-2(4,5)1(6)7/h3-5,7-8,11,17-18,20H,2,13H2,1H3,(H2,14,19);(H,6,7)/t4-,5+,7+,8+,11+;/m0./s1. The fourth-order valence-electron chi connectivity index (χ4n) is 2.11. The van der Waals surface area contributed by atoms with E-state index in [4.69, 9.17) is 30.8 Å². The SMILES string of the molecule is C[C@H](N)C(=O)OC[C@H]1O[C@@H](n2cnc(C(N)=O)c2O)[C@H](O)[C@@H]1O.O=C(O)C(F)(F)F. The van der Waals surface area contributed by atoms with E-state index in [1.807, 2.05) is 0 Å². The lowest BCUT2D eigenvalue weighted by Crippen LogP contribution is -2.36.